The summed E-state index contributed by atoms with van der Waals surface area (Å²) in [6.07, 6.45) is 2.86. The Hall–Kier alpha value is -2.88. The fourth-order valence-corrected chi connectivity index (χ4v) is 3.59. The first-order valence-electron chi connectivity index (χ1n) is 9.46. The number of carboxylic acid groups (broad SMARTS) is 1. The molecule has 1 saturated carbocycles. The highest BCUT2D eigenvalue weighted by molar-refractivity contribution is 5.91. The zero-order valence-electron chi connectivity index (χ0n) is 15.5. The number of hydrogen-bond acceptors (Lipinski definition) is 6. The lowest BCUT2D eigenvalue weighted by Gasteiger charge is -2.36. The Balaban J connectivity index is 1.43. The van der Waals surface area contributed by atoms with Crippen LogP contribution in [0.5, 0.6) is 0 Å². The first-order valence-corrected chi connectivity index (χ1v) is 9.46. The van der Waals surface area contributed by atoms with Gasteiger partial charge in [-0.2, -0.15) is 4.98 Å². The molecule has 2 N–H and O–H groups in total. The van der Waals surface area contributed by atoms with E-state index in [2.05, 4.69) is 20.4 Å². The molecule has 2 aromatic rings. The van der Waals surface area contributed by atoms with Crippen molar-refractivity contribution in [2.75, 3.05) is 19.6 Å². The van der Waals surface area contributed by atoms with Crippen LogP contribution in [0.4, 0.5) is 8.78 Å². The Kier molecular flexibility index (Phi) is 5.27. The number of nitrogens with zero attached hydrogens (tertiary/aromatic N) is 3. The summed E-state index contributed by atoms with van der Waals surface area (Å²) in [5.74, 6) is -4.01. The van der Waals surface area contributed by atoms with Crippen LogP contribution in [0.25, 0.3) is 11.5 Å². The number of piperidine rings is 1. The molecule has 1 aliphatic carbocycles. The standard InChI is InChI=1S/C19H20F2N4O4/c20-11-3-4-12(14(21)7-11)18-23-16(24-29-18)17(26)22-15-5-6-25(8-10-1-2-10)9-13(15)19(27)28/h3-4,7,10,13,15H,1-2,5-6,8-9H2,(H,22,26)(H,27,28)/t13-,15-/m1/s1. The molecule has 1 saturated heterocycles. The summed E-state index contributed by atoms with van der Waals surface area (Å²) in [4.78, 5) is 30.1. The van der Waals surface area contributed by atoms with Gasteiger partial charge in [0.25, 0.3) is 17.6 Å². The van der Waals surface area contributed by atoms with Crippen molar-refractivity contribution in [3.8, 4) is 11.5 Å². The maximum absolute atomic E-state index is 13.9. The number of carbonyl (C=O) groups excluding carboxylic acids is 1. The molecule has 0 spiro atoms. The van der Waals surface area contributed by atoms with Crippen molar-refractivity contribution in [3.05, 3.63) is 35.7 Å². The molecule has 29 heavy (non-hydrogen) atoms. The number of nitrogens with one attached hydrogen (secondary N) is 1. The molecule has 0 unspecified atom stereocenters. The van der Waals surface area contributed by atoms with Gasteiger partial charge >= 0.3 is 5.97 Å². The SMILES string of the molecule is O=C(N[C@@H]1CCN(CC2CC2)C[C@H]1C(=O)O)c1noc(-c2ccc(F)cc2F)n1. The predicted octanol–water partition coefficient (Wildman–Crippen LogP) is 1.93. The van der Waals surface area contributed by atoms with Gasteiger partial charge in [0.1, 0.15) is 11.6 Å². The van der Waals surface area contributed by atoms with Gasteiger partial charge in [-0.05, 0) is 37.3 Å². The number of likely N-dealkylation sites (tertiary alicyclic amines) is 1. The van der Waals surface area contributed by atoms with Crippen LogP contribution < -0.4 is 5.32 Å². The lowest BCUT2D eigenvalue weighted by atomic mass is 9.91. The molecule has 1 aliphatic heterocycles. The summed E-state index contributed by atoms with van der Waals surface area (Å²) in [6.45, 7) is 1.96. The average molecular weight is 406 g/mol. The van der Waals surface area contributed by atoms with E-state index in [1.165, 1.54) is 12.8 Å². The third kappa shape index (κ3) is 4.42. The fraction of sp³-hybridized carbons (Fsp3) is 0.474. The smallest absolute Gasteiger partial charge is 0.309 e. The third-order valence-corrected chi connectivity index (χ3v) is 5.33. The van der Waals surface area contributed by atoms with Crippen LogP contribution in [0.1, 0.15) is 29.9 Å². The van der Waals surface area contributed by atoms with Crippen LogP contribution in [0.3, 0.4) is 0 Å². The second kappa shape index (κ2) is 7.86. The van der Waals surface area contributed by atoms with E-state index < -0.39 is 35.5 Å². The molecule has 8 nitrogen and oxygen atoms in total. The zero-order valence-corrected chi connectivity index (χ0v) is 15.5. The van der Waals surface area contributed by atoms with Gasteiger partial charge in [0.15, 0.2) is 0 Å². The van der Waals surface area contributed by atoms with Gasteiger partial charge in [-0.25, -0.2) is 8.78 Å². The van der Waals surface area contributed by atoms with Crippen LogP contribution in [0.15, 0.2) is 22.7 Å². The second-order valence-corrected chi connectivity index (χ2v) is 7.56. The van der Waals surface area contributed by atoms with Gasteiger partial charge in [-0.15, -0.1) is 0 Å². The Morgan fingerprint density at radius 2 is 2.07 bits per heavy atom. The van der Waals surface area contributed by atoms with Gasteiger partial charge in [-0.1, -0.05) is 5.16 Å². The van der Waals surface area contributed by atoms with Crippen molar-refractivity contribution < 1.29 is 28.0 Å². The number of benzene rings is 1. The molecular formula is C19H20F2N4O4. The van der Waals surface area contributed by atoms with Gasteiger partial charge in [-0.3, -0.25) is 9.59 Å². The maximum Gasteiger partial charge on any atom is 0.309 e. The minimum absolute atomic E-state index is 0.130. The quantitative estimate of drug-likeness (QED) is 0.755. The molecule has 10 heteroatoms. The first-order chi connectivity index (χ1) is 13.9. The summed E-state index contributed by atoms with van der Waals surface area (Å²) in [7, 11) is 0. The van der Waals surface area contributed by atoms with E-state index in [1.807, 2.05) is 0 Å². The Morgan fingerprint density at radius 3 is 2.76 bits per heavy atom. The van der Waals surface area contributed by atoms with E-state index in [-0.39, 0.29) is 17.3 Å². The first kappa shape index (κ1) is 19.4. The molecule has 0 radical (unpaired) electrons. The monoisotopic (exact) mass is 406 g/mol. The van der Waals surface area contributed by atoms with E-state index in [1.54, 1.807) is 0 Å². The van der Waals surface area contributed by atoms with E-state index in [0.29, 0.717) is 31.5 Å². The van der Waals surface area contributed by atoms with E-state index in [9.17, 15) is 23.5 Å². The summed E-state index contributed by atoms with van der Waals surface area (Å²) in [6, 6.07) is 2.28. The molecular weight excluding hydrogens is 386 g/mol. The number of carbonyl (C=O) groups is 2. The molecule has 154 valence electrons. The van der Waals surface area contributed by atoms with Gasteiger partial charge in [0.05, 0.1) is 11.5 Å². The van der Waals surface area contributed by atoms with Crippen LogP contribution >= 0.6 is 0 Å². The number of aliphatic carboxylic acids is 1. The number of carboxylic acids is 1. The molecule has 1 aromatic heterocycles. The fourth-order valence-electron chi connectivity index (χ4n) is 3.59. The summed E-state index contributed by atoms with van der Waals surface area (Å²) in [5, 5.41) is 15.8. The Morgan fingerprint density at radius 1 is 1.28 bits per heavy atom. The van der Waals surface area contributed by atoms with Crippen molar-refractivity contribution in [1.29, 1.82) is 0 Å². The highest BCUT2D eigenvalue weighted by Gasteiger charge is 2.37. The average Bonchev–Trinajstić information content (AvgIpc) is 3.35. The molecule has 0 bridgehead atoms. The van der Waals surface area contributed by atoms with Crippen LogP contribution in [-0.2, 0) is 4.79 Å². The molecule has 1 amide bonds. The zero-order chi connectivity index (χ0) is 20.5. The van der Waals surface area contributed by atoms with Crippen LogP contribution in [-0.4, -0.2) is 57.7 Å². The summed E-state index contributed by atoms with van der Waals surface area (Å²) >= 11 is 0. The van der Waals surface area contributed by atoms with Crippen molar-refractivity contribution >= 4 is 11.9 Å². The van der Waals surface area contributed by atoms with Gasteiger partial charge < -0.3 is 19.8 Å². The maximum atomic E-state index is 13.9. The minimum atomic E-state index is -0.974. The normalized spacial score (nSPS) is 22.4. The number of rotatable bonds is 6. The summed E-state index contributed by atoms with van der Waals surface area (Å²) < 4.78 is 31.8. The van der Waals surface area contributed by atoms with Gasteiger partial charge in [0.2, 0.25) is 0 Å². The largest absolute Gasteiger partial charge is 0.481 e. The molecule has 2 fully saturated rings. The number of hydrogen-bond donors (Lipinski definition) is 2. The third-order valence-electron chi connectivity index (χ3n) is 5.33. The molecule has 1 aromatic carbocycles. The van der Waals surface area contributed by atoms with E-state index in [4.69, 9.17) is 4.52 Å². The predicted molar refractivity (Wildman–Crippen MR) is 95.8 cm³/mol. The van der Waals surface area contributed by atoms with Crippen LogP contribution in [0.2, 0.25) is 0 Å². The Labute approximate surface area is 164 Å². The Bertz CT molecular complexity index is 931. The number of amides is 1. The highest BCUT2D eigenvalue weighted by atomic mass is 19.1. The van der Waals surface area contributed by atoms with E-state index in [0.717, 1.165) is 18.7 Å². The minimum Gasteiger partial charge on any atom is -0.481 e. The van der Waals surface area contributed by atoms with E-state index >= 15 is 0 Å². The molecule has 2 aliphatic rings. The lowest BCUT2D eigenvalue weighted by Crippen LogP contribution is -2.54. The van der Waals surface area contributed by atoms with Gasteiger partial charge in [0, 0.05) is 31.7 Å². The van der Waals surface area contributed by atoms with Crippen molar-refractivity contribution in [2.24, 2.45) is 11.8 Å². The lowest BCUT2D eigenvalue weighted by molar-refractivity contribution is -0.144. The topological polar surface area (TPSA) is 109 Å². The van der Waals surface area contributed by atoms with Crippen molar-refractivity contribution in [3.63, 3.8) is 0 Å². The molecule has 4 rings (SSSR count). The second-order valence-electron chi connectivity index (χ2n) is 7.56. The summed E-state index contributed by atoms with van der Waals surface area (Å²) in [5.41, 5.74) is -0.130. The van der Waals surface area contributed by atoms with Crippen molar-refractivity contribution in [2.45, 2.75) is 25.3 Å². The molecule has 2 heterocycles. The number of aromatic nitrogens is 2. The molecule has 2 atom stereocenters. The van der Waals surface area contributed by atoms with Crippen LogP contribution in [0, 0.1) is 23.5 Å². The van der Waals surface area contributed by atoms with Crippen molar-refractivity contribution in [1.82, 2.24) is 20.4 Å². The number of halogens is 2. The highest BCUT2D eigenvalue weighted by Crippen LogP contribution is 2.31.